The van der Waals surface area contributed by atoms with E-state index in [-0.39, 0.29) is 13.2 Å². The summed E-state index contributed by atoms with van der Waals surface area (Å²) in [6.45, 7) is 2.10. The molecule has 0 fully saturated rings. The van der Waals surface area contributed by atoms with Crippen molar-refractivity contribution in [3.63, 3.8) is 0 Å². The first-order valence-electron chi connectivity index (χ1n) is 6.18. The number of rotatable bonds is 10. The molecule has 1 aromatic carbocycles. The van der Waals surface area contributed by atoms with Crippen LogP contribution < -0.4 is 10.1 Å². The Bertz CT molecular complexity index is 351. The molecular formula is C13H20ClNO4. The van der Waals surface area contributed by atoms with Gasteiger partial charge in [-0.3, -0.25) is 0 Å². The highest BCUT2D eigenvalue weighted by atomic mass is 35.5. The van der Waals surface area contributed by atoms with Crippen molar-refractivity contribution in [1.82, 2.24) is 5.32 Å². The second kappa shape index (κ2) is 10.00. The Hall–Kier alpha value is -0.850. The largest absolute Gasteiger partial charge is 0.491 e. The molecule has 0 aromatic heterocycles. The van der Waals surface area contributed by atoms with Gasteiger partial charge in [0.15, 0.2) is 0 Å². The molecule has 6 heteroatoms. The fraction of sp³-hybridized carbons (Fsp3) is 0.538. The van der Waals surface area contributed by atoms with Gasteiger partial charge >= 0.3 is 0 Å². The van der Waals surface area contributed by atoms with Crippen molar-refractivity contribution < 1.29 is 19.7 Å². The minimum absolute atomic E-state index is 0.0239. The zero-order valence-electron chi connectivity index (χ0n) is 10.7. The molecule has 0 saturated carbocycles. The number of aliphatic hydroxyl groups excluding tert-OH is 2. The van der Waals surface area contributed by atoms with Crippen LogP contribution in [0.3, 0.4) is 0 Å². The summed E-state index contributed by atoms with van der Waals surface area (Å²) in [7, 11) is 0. The maximum Gasteiger partial charge on any atom is 0.120 e. The molecule has 108 valence electrons. The lowest BCUT2D eigenvalue weighted by Crippen LogP contribution is -2.33. The van der Waals surface area contributed by atoms with Gasteiger partial charge in [0.05, 0.1) is 19.8 Å². The maximum atomic E-state index is 9.68. The van der Waals surface area contributed by atoms with Gasteiger partial charge in [0.25, 0.3) is 0 Å². The number of hydrogen-bond donors (Lipinski definition) is 3. The van der Waals surface area contributed by atoms with Crippen LogP contribution in [0.5, 0.6) is 5.75 Å². The molecule has 0 amide bonds. The molecule has 3 N–H and O–H groups in total. The van der Waals surface area contributed by atoms with E-state index in [1.54, 1.807) is 24.3 Å². The van der Waals surface area contributed by atoms with Gasteiger partial charge in [0.2, 0.25) is 0 Å². The van der Waals surface area contributed by atoms with Crippen molar-refractivity contribution in [2.45, 2.75) is 6.10 Å². The van der Waals surface area contributed by atoms with Crippen LogP contribution in [0, 0.1) is 0 Å². The summed E-state index contributed by atoms with van der Waals surface area (Å²) in [4.78, 5) is 0. The lowest BCUT2D eigenvalue weighted by Gasteiger charge is -2.13. The monoisotopic (exact) mass is 289 g/mol. The first kappa shape index (κ1) is 16.2. The van der Waals surface area contributed by atoms with Crippen LogP contribution in [0.4, 0.5) is 0 Å². The van der Waals surface area contributed by atoms with Gasteiger partial charge in [-0.2, -0.15) is 0 Å². The Morgan fingerprint density at radius 3 is 2.89 bits per heavy atom. The zero-order chi connectivity index (χ0) is 13.9. The summed E-state index contributed by atoms with van der Waals surface area (Å²) in [6, 6.07) is 7.04. The molecule has 0 saturated heterocycles. The van der Waals surface area contributed by atoms with Crippen LogP contribution in [-0.4, -0.2) is 55.8 Å². The predicted octanol–water partition coefficient (Wildman–Crippen LogP) is 0.678. The maximum absolute atomic E-state index is 9.68. The molecule has 0 heterocycles. The Morgan fingerprint density at radius 1 is 1.32 bits per heavy atom. The van der Waals surface area contributed by atoms with Gasteiger partial charge in [-0.05, 0) is 18.2 Å². The third kappa shape index (κ3) is 8.02. The zero-order valence-corrected chi connectivity index (χ0v) is 11.5. The quantitative estimate of drug-likeness (QED) is 0.553. The fourth-order valence-electron chi connectivity index (χ4n) is 1.39. The lowest BCUT2D eigenvalue weighted by molar-refractivity contribution is 0.0842. The van der Waals surface area contributed by atoms with E-state index in [9.17, 15) is 5.11 Å². The number of halogens is 1. The molecular weight excluding hydrogens is 270 g/mol. The highest BCUT2D eigenvalue weighted by Gasteiger charge is 2.04. The molecule has 0 aliphatic rings. The molecule has 5 nitrogen and oxygen atoms in total. The Morgan fingerprint density at radius 2 is 2.16 bits per heavy atom. The van der Waals surface area contributed by atoms with E-state index >= 15 is 0 Å². The summed E-state index contributed by atoms with van der Waals surface area (Å²) < 4.78 is 10.5. The topological polar surface area (TPSA) is 71.0 Å². The lowest BCUT2D eigenvalue weighted by atomic mass is 10.3. The number of ether oxygens (including phenoxy) is 2. The Labute approximate surface area is 118 Å². The van der Waals surface area contributed by atoms with Crippen LogP contribution in [-0.2, 0) is 4.74 Å². The van der Waals surface area contributed by atoms with Crippen LogP contribution in [0.15, 0.2) is 24.3 Å². The van der Waals surface area contributed by atoms with E-state index < -0.39 is 6.10 Å². The molecule has 0 bridgehead atoms. The summed E-state index contributed by atoms with van der Waals surface area (Å²) in [5.41, 5.74) is 0. The number of hydrogen-bond acceptors (Lipinski definition) is 5. The predicted molar refractivity (Wildman–Crippen MR) is 73.7 cm³/mol. The smallest absolute Gasteiger partial charge is 0.120 e. The summed E-state index contributed by atoms with van der Waals surface area (Å²) in [6.07, 6.45) is -0.600. The van der Waals surface area contributed by atoms with E-state index in [2.05, 4.69) is 5.32 Å². The van der Waals surface area contributed by atoms with E-state index in [4.69, 9.17) is 26.2 Å². The van der Waals surface area contributed by atoms with Crippen LogP contribution >= 0.6 is 11.6 Å². The first-order valence-corrected chi connectivity index (χ1v) is 6.56. The van der Waals surface area contributed by atoms with Crippen molar-refractivity contribution in [1.29, 1.82) is 0 Å². The van der Waals surface area contributed by atoms with E-state index in [1.807, 2.05) is 0 Å². The molecule has 19 heavy (non-hydrogen) atoms. The van der Waals surface area contributed by atoms with Crippen molar-refractivity contribution in [2.75, 3.05) is 39.5 Å². The molecule has 0 radical (unpaired) electrons. The minimum Gasteiger partial charge on any atom is -0.491 e. The average Bonchev–Trinajstić information content (AvgIpc) is 2.40. The van der Waals surface area contributed by atoms with Gasteiger partial charge < -0.3 is 25.0 Å². The molecule has 0 aliphatic carbocycles. The van der Waals surface area contributed by atoms with Gasteiger partial charge in [-0.25, -0.2) is 0 Å². The van der Waals surface area contributed by atoms with Gasteiger partial charge in [0.1, 0.15) is 18.5 Å². The van der Waals surface area contributed by atoms with Crippen LogP contribution in [0.1, 0.15) is 0 Å². The Kier molecular flexibility index (Phi) is 8.53. The molecule has 0 spiro atoms. The van der Waals surface area contributed by atoms with Gasteiger partial charge in [0, 0.05) is 18.1 Å². The molecule has 1 aromatic rings. The highest BCUT2D eigenvalue weighted by molar-refractivity contribution is 6.30. The highest BCUT2D eigenvalue weighted by Crippen LogP contribution is 2.17. The molecule has 1 rings (SSSR count). The molecule has 1 unspecified atom stereocenters. The third-order valence-corrected chi connectivity index (χ3v) is 2.51. The first-order chi connectivity index (χ1) is 9.22. The number of aliphatic hydroxyl groups is 2. The van der Waals surface area contributed by atoms with Crippen LogP contribution in [0.2, 0.25) is 5.02 Å². The minimum atomic E-state index is -0.600. The molecule has 1 atom stereocenters. The van der Waals surface area contributed by atoms with Crippen LogP contribution in [0.25, 0.3) is 0 Å². The molecule has 0 aliphatic heterocycles. The van der Waals surface area contributed by atoms with E-state index in [0.717, 1.165) is 0 Å². The van der Waals surface area contributed by atoms with E-state index in [0.29, 0.717) is 37.1 Å². The Balaban J connectivity index is 2.06. The van der Waals surface area contributed by atoms with Crippen molar-refractivity contribution in [2.24, 2.45) is 0 Å². The third-order valence-electron chi connectivity index (χ3n) is 2.28. The number of benzene rings is 1. The van der Waals surface area contributed by atoms with Gasteiger partial charge in [-0.15, -0.1) is 0 Å². The standard InChI is InChI=1S/C13H20ClNO4/c14-11-2-1-3-13(8-11)19-10-12(17)9-15-4-6-18-7-5-16/h1-3,8,12,15-17H,4-7,9-10H2. The van der Waals surface area contributed by atoms with E-state index in [1.165, 1.54) is 0 Å². The fourth-order valence-corrected chi connectivity index (χ4v) is 1.57. The SMILES string of the molecule is OCCOCCNCC(O)COc1cccc(Cl)c1. The summed E-state index contributed by atoms with van der Waals surface area (Å²) in [5, 5.41) is 21.8. The van der Waals surface area contributed by atoms with Crippen molar-refractivity contribution in [3.05, 3.63) is 29.3 Å². The van der Waals surface area contributed by atoms with Crippen molar-refractivity contribution >= 4 is 11.6 Å². The second-order valence-electron chi connectivity index (χ2n) is 3.96. The summed E-state index contributed by atoms with van der Waals surface area (Å²) in [5.74, 6) is 0.637. The average molecular weight is 290 g/mol. The summed E-state index contributed by atoms with van der Waals surface area (Å²) >= 11 is 5.82. The van der Waals surface area contributed by atoms with Crippen molar-refractivity contribution in [3.8, 4) is 5.75 Å². The second-order valence-corrected chi connectivity index (χ2v) is 4.40. The number of nitrogens with one attached hydrogen (secondary N) is 1. The van der Waals surface area contributed by atoms with Gasteiger partial charge in [-0.1, -0.05) is 17.7 Å². The normalized spacial score (nSPS) is 12.4.